The lowest BCUT2D eigenvalue weighted by Crippen LogP contribution is -2.03. The first-order chi connectivity index (χ1) is 17.8. The molecule has 0 unspecified atom stereocenters. The molecule has 0 atom stereocenters. The minimum atomic E-state index is -0.704. The third-order valence-corrected chi connectivity index (χ3v) is 5.19. The molecule has 0 aromatic heterocycles. The number of aliphatic imine (C=N–C) groups is 1. The maximum Gasteiger partial charge on any atom is 0.299 e. The Morgan fingerprint density at radius 2 is 1.22 bits per heavy atom. The lowest BCUT2D eigenvalue weighted by Gasteiger charge is -2.13. The van der Waals surface area contributed by atoms with E-state index in [0.29, 0.717) is 22.6 Å². The van der Waals surface area contributed by atoms with Gasteiger partial charge in [-0.05, 0) is 48.0 Å². The first-order valence-corrected chi connectivity index (χ1v) is 10.8. The number of non-ortho nitro benzene ring substituents is 1. The normalized spacial score (nSPS) is 10.7. The highest BCUT2D eigenvalue weighted by atomic mass is 16.6. The van der Waals surface area contributed by atoms with Crippen LogP contribution >= 0.6 is 0 Å². The minimum absolute atomic E-state index is 0.0204. The van der Waals surface area contributed by atoms with Gasteiger partial charge in [0, 0.05) is 24.0 Å². The zero-order chi connectivity index (χ0) is 26.4. The van der Waals surface area contributed by atoms with E-state index < -0.39 is 26.1 Å². The molecule has 0 aliphatic rings. The van der Waals surface area contributed by atoms with E-state index >= 15 is 0 Å². The van der Waals surface area contributed by atoms with Gasteiger partial charge in [-0.15, -0.1) is 0 Å². The van der Waals surface area contributed by atoms with E-state index in [0.717, 1.165) is 6.07 Å². The van der Waals surface area contributed by atoms with E-state index in [-0.39, 0.29) is 17.1 Å². The lowest BCUT2D eigenvalue weighted by atomic mass is 10.1. The van der Waals surface area contributed by atoms with E-state index in [1.165, 1.54) is 24.4 Å². The summed E-state index contributed by atoms with van der Waals surface area (Å²) < 4.78 is 0. The highest BCUT2D eigenvalue weighted by Gasteiger charge is 2.25. The van der Waals surface area contributed by atoms with Gasteiger partial charge >= 0.3 is 0 Å². The SMILES string of the molecule is O=[N+]([O-])c1ccc(C=Nc2ccccc2Nc2cc(Nc3ccccc3)c([N+](=O)[O-])cc2[N+](=O)[O-])cc1. The zero-order valence-electron chi connectivity index (χ0n) is 19.0. The molecule has 12 heteroatoms. The second-order valence-corrected chi connectivity index (χ2v) is 7.64. The van der Waals surface area contributed by atoms with Crippen molar-refractivity contribution in [2.45, 2.75) is 0 Å². The molecule has 0 spiro atoms. The summed E-state index contributed by atoms with van der Waals surface area (Å²) in [5.41, 5.74) is 1.10. The van der Waals surface area contributed by atoms with Crippen LogP contribution in [0.15, 0.2) is 96.0 Å². The number of benzene rings is 4. The van der Waals surface area contributed by atoms with Gasteiger partial charge in [0.2, 0.25) is 0 Å². The minimum Gasteiger partial charge on any atom is -0.350 e. The summed E-state index contributed by atoms with van der Waals surface area (Å²) in [7, 11) is 0. The van der Waals surface area contributed by atoms with Gasteiger partial charge in [0.1, 0.15) is 11.4 Å². The molecule has 4 aromatic carbocycles. The van der Waals surface area contributed by atoms with Crippen molar-refractivity contribution in [1.29, 1.82) is 0 Å². The maximum atomic E-state index is 11.8. The second kappa shape index (κ2) is 10.7. The fourth-order valence-corrected chi connectivity index (χ4v) is 3.42. The Hall–Kier alpha value is -5.65. The molecule has 12 nitrogen and oxygen atoms in total. The van der Waals surface area contributed by atoms with Crippen LogP contribution in [-0.4, -0.2) is 21.0 Å². The van der Waals surface area contributed by atoms with Crippen LogP contribution in [0, 0.1) is 30.3 Å². The second-order valence-electron chi connectivity index (χ2n) is 7.64. The van der Waals surface area contributed by atoms with Crippen LogP contribution in [-0.2, 0) is 0 Å². The van der Waals surface area contributed by atoms with Gasteiger partial charge in [0.05, 0.1) is 32.2 Å². The molecule has 0 heterocycles. The average Bonchev–Trinajstić information content (AvgIpc) is 2.89. The number of nitrogens with one attached hydrogen (secondary N) is 2. The van der Waals surface area contributed by atoms with Crippen LogP contribution in [0.4, 0.5) is 45.5 Å². The molecule has 0 fully saturated rings. The van der Waals surface area contributed by atoms with Gasteiger partial charge in [-0.3, -0.25) is 35.3 Å². The molecule has 37 heavy (non-hydrogen) atoms. The summed E-state index contributed by atoms with van der Waals surface area (Å²) in [6.07, 6.45) is 1.50. The first kappa shape index (κ1) is 24.5. The van der Waals surface area contributed by atoms with Gasteiger partial charge in [-0.1, -0.05) is 30.3 Å². The summed E-state index contributed by atoms with van der Waals surface area (Å²) in [5.74, 6) is 0. The third kappa shape index (κ3) is 5.89. The summed E-state index contributed by atoms with van der Waals surface area (Å²) >= 11 is 0. The van der Waals surface area contributed by atoms with E-state index in [1.807, 2.05) is 0 Å². The monoisotopic (exact) mass is 498 g/mol. The number of hydrogen-bond acceptors (Lipinski definition) is 9. The highest BCUT2D eigenvalue weighted by molar-refractivity contribution is 5.87. The van der Waals surface area contributed by atoms with Gasteiger partial charge < -0.3 is 10.6 Å². The van der Waals surface area contributed by atoms with Crippen LogP contribution in [0.25, 0.3) is 0 Å². The molecule has 0 saturated carbocycles. The quantitative estimate of drug-likeness (QED) is 0.147. The fraction of sp³-hybridized carbons (Fsp3) is 0. The molecule has 0 saturated heterocycles. The number of nitro groups is 3. The van der Waals surface area contributed by atoms with Gasteiger partial charge in [0.15, 0.2) is 0 Å². The zero-order valence-corrected chi connectivity index (χ0v) is 19.0. The smallest absolute Gasteiger partial charge is 0.299 e. The van der Waals surface area contributed by atoms with Gasteiger partial charge in [-0.25, -0.2) is 0 Å². The summed E-state index contributed by atoms with van der Waals surface area (Å²) in [4.78, 5) is 36.8. The van der Waals surface area contributed by atoms with Crippen LogP contribution < -0.4 is 10.6 Å². The Morgan fingerprint density at radius 1 is 0.622 bits per heavy atom. The lowest BCUT2D eigenvalue weighted by molar-refractivity contribution is -0.393. The molecular weight excluding hydrogens is 480 g/mol. The van der Waals surface area contributed by atoms with Gasteiger partial charge in [-0.2, -0.15) is 0 Å². The maximum absolute atomic E-state index is 11.8. The van der Waals surface area contributed by atoms with Crippen LogP contribution in [0.5, 0.6) is 0 Å². The number of rotatable bonds is 9. The summed E-state index contributed by atoms with van der Waals surface area (Å²) in [6, 6.07) is 23.4. The van der Waals surface area contributed by atoms with Gasteiger partial charge in [0.25, 0.3) is 17.1 Å². The standard InChI is InChI=1S/C25H18N6O6/c32-29(33)19-12-10-17(11-13-19)16-26-20-8-4-5-9-21(20)28-23-14-22(27-18-6-2-1-3-7-18)24(30(34)35)15-25(23)31(36)37/h1-16,27-28H. The van der Waals surface area contributed by atoms with E-state index in [9.17, 15) is 30.3 Å². The predicted octanol–water partition coefficient (Wildman–Crippen LogP) is 6.65. The van der Waals surface area contributed by atoms with Crippen molar-refractivity contribution in [2.75, 3.05) is 10.6 Å². The largest absolute Gasteiger partial charge is 0.350 e. The van der Waals surface area contributed by atoms with Crippen LogP contribution in [0.1, 0.15) is 5.56 Å². The Balaban J connectivity index is 1.70. The van der Waals surface area contributed by atoms with E-state index in [2.05, 4.69) is 15.6 Å². The molecule has 0 amide bonds. The average molecular weight is 498 g/mol. The first-order valence-electron chi connectivity index (χ1n) is 10.8. The number of para-hydroxylation sites is 3. The van der Waals surface area contributed by atoms with Crippen molar-refractivity contribution in [1.82, 2.24) is 0 Å². The Labute approximate surface area is 209 Å². The van der Waals surface area contributed by atoms with Crippen molar-refractivity contribution in [3.63, 3.8) is 0 Å². The number of anilines is 4. The molecular formula is C25H18N6O6. The summed E-state index contributed by atoms with van der Waals surface area (Å²) in [5, 5.41) is 40.2. The van der Waals surface area contributed by atoms with Crippen molar-refractivity contribution in [3.8, 4) is 0 Å². The topological polar surface area (TPSA) is 166 Å². The van der Waals surface area contributed by atoms with Crippen LogP contribution in [0.3, 0.4) is 0 Å². The van der Waals surface area contributed by atoms with Crippen molar-refractivity contribution in [2.24, 2.45) is 4.99 Å². The summed E-state index contributed by atoms with van der Waals surface area (Å²) in [6.45, 7) is 0. The molecule has 0 radical (unpaired) electrons. The number of nitrogens with zero attached hydrogens (tertiary/aromatic N) is 4. The third-order valence-electron chi connectivity index (χ3n) is 5.19. The Bertz CT molecular complexity index is 1510. The molecule has 4 aromatic rings. The predicted molar refractivity (Wildman–Crippen MR) is 140 cm³/mol. The van der Waals surface area contributed by atoms with E-state index in [4.69, 9.17) is 0 Å². The molecule has 2 N–H and O–H groups in total. The number of nitro benzene ring substituents is 3. The van der Waals surface area contributed by atoms with Crippen molar-refractivity contribution in [3.05, 3.63) is 127 Å². The molecule has 0 aliphatic carbocycles. The molecule has 184 valence electrons. The Morgan fingerprint density at radius 3 is 1.84 bits per heavy atom. The molecule has 0 aliphatic heterocycles. The Kier molecular flexibility index (Phi) is 7.10. The van der Waals surface area contributed by atoms with Crippen molar-refractivity contribution < 1.29 is 14.8 Å². The van der Waals surface area contributed by atoms with Crippen molar-refractivity contribution >= 4 is 51.7 Å². The molecule has 0 bridgehead atoms. The highest BCUT2D eigenvalue weighted by Crippen LogP contribution is 2.40. The van der Waals surface area contributed by atoms with Crippen LogP contribution in [0.2, 0.25) is 0 Å². The molecule has 4 rings (SSSR count). The fourth-order valence-electron chi connectivity index (χ4n) is 3.42. The number of hydrogen-bond donors (Lipinski definition) is 2. The van der Waals surface area contributed by atoms with E-state index in [1.54, 1.807) is 66.7 Å².